The number of nitrogens with one attached hydrogen (secondary N) is 1. The fourth-order valence-corrected chi connectivity index (χ4v) is 2.26. The average molecular weight is 336 g/mol. The molecule has 2 aromatic carbocycles. The van der Waals surface area contributed by atoms with Gasteiger partial charge in [0.2, 0.25) is 0 Å². The summed E-state index contributed by atoms with van der Waals surface area (Å²) in [5.41, 5.74) is 0.922. The molecule has 0 aromatic heterocycles. The van der Waals surface area contributed by atoms with Gasteiger partial charge >= 0.3 is 0 Å². The minimum atomic E-state index is -0.332. The molecule has 0 aliphatic rings. The second-order valence-electron chi connectivity index (χ2n) is 4.65. The number of aromatic hydroxyl groups is 1. The van der Waals surface area contributed by atoms with E-state index in [9.17, 15) is 9.90 Å². The van der Waals surface area contributed by atoms with Crippen LogP contribution in [0.4, 0.5) is 5.69 Å². The number of amides is 1. The lowest BCUT2D eigenvalue weighted by Crippen LogP contribution is -2.12. The molecule has 2 N–H and O–H groups in total. The summed E-state index contributed by atoms with van der Waals surface area (Å²) in [7, 11) is 0. The molecule has 5 nitrogen and oxygen atoms in total. The summed E-state index contributed by atoms with van der Waals surface area (Å²) in [6.07, 6.45) is 0. The second-order valence-corrected chi connectivity index (χ2v) is 5.06. The molecule has 0 saturated heterocycles. The van der Waals surface area contributed by atoms with Gasteiger partial charge in [0.15, 0.2) is 11.5 Å². The Balaban J connectivity index is 2.27. The molecule has 0 fully saturated rings. The van der Waals surface area contributed by atoms with Gasteiger partial charge < -0.3 is 19.9 Å². The van der Waals surface area contributed by atoms with Crippen molar-refractivity contribution in [3.05, 3.63) is 47.0 Å². The Labute approximate surface area is 139 Å². The van der Waals surface area contributed by atoms with Gasteiger partial charge in [-0.15, -0.1) is 0 Å². The summed E-state index contributed by atoms with van der Waals surface area (Å²) in [5.74, 6) is 0.655. The van der Waals surface area contributed by atoms with Crippen molar-refractivity contribution < 1.29 is 19.4 Å². The van der Waals surface area contributed by atoms with Crippen LogP contribution in [0.1, 0.15) is 24.2 Å². The molecular formula is C17H18ClNO4. The molecule has 1 amide bonds. The highest BCUT2D eigenvalue weighted by molar-refractivity contribution is 6.32. The van der Waals surface area contributed by atoms with Gasteiger partial charge in [-0.05, 0) is 50.2 Å². The maximum absolute atomic E-state index is 12.3. The lowest BCUT2D eigenvalue weighted by molar-refractivity contribution is 0.102. The molecule has 6 heteroatoms. The number of carbonyl (C=O) groups is 1. The number of anilines is 1. The van der Waals surface area contributed by atoms with E-state index in [1.807, 2.05) is 13.8 Å². The molecule has 0 unspecified atom stereocenters. The van der Waals surface area contributed by atoms with Crippen molar-refractivity contribution in [2.75, 3.05) is 18.5 Å². The topological polar surface area (TPSA) is 67.8 Å². The fourth-order valence-electron chi connectivity index (χ4n) is 1.99. The molecule has 0 aliphatic heterocycles. The van der Waals surface area contributed by atoms with E-state index in [-0.39, 0.29) is 11.7 Å². The van der Waals surface area contributed by atoms with E-state index >= 15 is 0 Å². The van der Waals surface area contributed by atoms with Crippen LogP contribution in [0.15, 0.2) is 36.4 Å². The molecular weight excluding hydrogens is 318 g/mol. The molecule has 0 bridgehead atoms. The highest BCUT2D eigenvalue weighted by Crippen LogP contribution is 2.36. The Morgan fingerprint density at radius 3 is 2.39 bits per heavy atom. The average Bonchev–Trinajstić information content (AvgIpc) is 2.53. The van der Waals surface area contributed by atoms with E-state index in [1.165, 1.54) is 18.2 Å². The quantitative estimate of drug-likeness (QED) is 0.780. The van der Waals surface area contributed by atoms with Crippen LogP contribution in [-0.4, -0.2) is 24.2 Å². The van der Waals surface area contributed by atoms with E-state index in [4.69, 9.17) is 21.1 Å². The Bertz CT molecular complexity index is 686. The van der Waals surface area contributed by atoms with Crippen molar-refractivity contribution in [2.45, 2.75) is 13.8 Å². The zero-order valence-electron chi connectivity index (χ0n) is 12.9. The Hall–Kier alpha value is -2.40. The summed E-state index contributed by atoms with van der Waals surface area (Å²) >= 11 is 6.20. The summed E-state index contributed by atoms with van der Waals surface area (Å²) in [5, 5.41) is 12.3. The minimum Gasteiger partial charge on any atom is -0.508 e. The zero-order chi connectivity index (χ0) is 16.8. The Morgan fingerprint density at radius 1 is 1.13 bits per heavy atom. The first-order chi connectivity index (χ1) is 11.0. The van der Waals surface area contributed by atoms with Crippen molar-refractivity contribution in [3.8, 4) is 17.2 Å². The van der Waals surface area contributed by atoms with Crippen molar-refractivity contribution in [2.24, 2.45) is 0 Å². The predicted octanol–water partition coefficient (Wildman–Crippen LogP) is 4.10. The monoisotopic (exact) mass is 335 g/mol. The Morgan fingerprint density at radius 2 is 1.78 bits per heavy atom. The van der Waals surface area contributed by atoms with Crippen LogP contribution in [0.2, 0.25) is 5.02 Å². The smallest absolute Gasteiger partial charge is 0.255 e. The number of hydrogen-bond donors (Lipinski definition) is 2. The molecule has 2 rings (SSSR count). The molecule has 2 aromatic rings. The number of hydrogen-bond acceptors (Lipinski definition) is 4. The maximum Gasteiger partial charge on any atom is 0.255 e. The molecule has 122 valence electrons. The summed E-state index contributed by atoms with van der Waals surface area (Å²) < 4.78 is 11.0. The largest absolute Gasteiger partial charge is 0.508 e. The van der Waals surface area contributed by atoms with Gasteiger partial charge in [0.05, 0.1) is 18.2 Å². The third-order valence-electron chi connectivity index (χ3n) is 2.99. The van der Waals surface area contributed by atoms with Gasteiger partial charge in [-0.2, -0.15) is 0 Å². The van der Waals surface area contributed by atoms with Gasteiger partial charge in [0.1, 0.15) is 5.75 Å². The normalized spacial score (nSPS) is 10.2. The summed E-state index contributed by atoms with van der Waals surface area (Å²) in [4.78, 5) is 12.3. The van der Waals surface area contributed by atoms with Crippen molar-refractivity contribution >= 4 is 23.2 Å². The standard InChI is InChI=1S/C17H18ClNO4/c1-3-22-15-10-11(9-14(18)16(15)23-4-2)17(21)19-12-5-7-13(20)8-6-12/h5-10,20H,3-4H2,1-2H3,(H,19,21). The molecule has 0 aliphatic carbocycles. The van der Waals surface area contributed by atoms with E-state index in [0.29, 0.717) is 41.0 Å². The lowest BCUT2D eigenvalue weighted by atomic mass is 10.1. The van der Waals surface area contributed by atoms with E-state index in [1.54, 1.807) is 18.2 Å². The number of halogens is 1. The van der Waals surface area contributed by atoms with Gasteiger partial charge in [0, 0.05) is 11.3 Å². The molecule has 0 radical (unpaired) electrons. The van der Waals surface area contributed by atoms with Crippen molar-refractivity contribution in [1.29, 1.82) is 0 Å². The van der Waals surface area contributed by atoms with E-state index in [2.05, 4.69) is 5.32 Å². The third-order valence-corrected chi connectivity index (χ3v) is 3.27. The number of phenolic OH excluding ortho intramolecular Hbond substituents is 1. The first-order valence-electron chi connectivity index (χ1n) is 7.24. The number of rotatable bonds is 6. The van der Waals surface area contributed by atoms with Gasteiger partial charge in [-0.1, -0.05) is 11.6 Å². The van der Waals surface area contributed by atoms with E-state index < -0.39 is 0 Å². The molecule has 0 saturated carbocycles. The van der Waals surface area contributed by atoms with Crippen LogP contribution < -0.4 is 14.8 Å². The minimum absolute atomic E-state index is 0.130. The van der Waals surface area contributed by atoms with Crippen LogP contribution in [0.25, 0.3) is 0 Å². The van der Waals surface area contributed by atoms with Gasteiger partial charge in [-0.25, -0.2) is 0 Å². The van der Waals surface area contributed by atoms with Gasteiger partial charge in [-0.3, -0.25) is 4.79 Å². The zero-order valence-corrected chi connectivity index (χ0v) is 13.7. The van der Waals surface area contributed by atoms with Crippen molar-refractivity contribution in [1.82, 2.24) is 0 Å². The van der Waals surface area contributed by atoms with Crippen LogP contribution in [0.5, 0.6) is 17.2 Å². The van der Waals surface area contributed by atoms with Crippen LogP contribution >= 0.6 is 11.6 Å². The molecule has 0 heterocycles. The van der Waals surface area contributed by atoms with Crippen LogP contribution in [0, 0.1) is 0 Å². The summed E-state index contributed by atoms with van der Waals surface area (Å²) in [6.45, 7) is 4.56. The Kier molecular flexibility index (Phi) is 5.71. The predicted molar refractivity (Wildman–Crippen MR) is 89.9 cm³/mol. The lowest BCUT2D eigenvalue weighted by Gasteiger charge is -2.14. The van der Waals surface area contributed by atoms with E-state index in [0.717, 1.165) is 0 Å². The molecule has 0 atom stereocenters. The molecule has 0 spiro atoms. The first kappa shape index (κ1) is 17.0. The molecule has 23 heavy (non-hydrogen) atoms. The summed E-state index contributed by atoms with van der Waals surface area (Å²) in [6, 6.07) is 9.32. The SMILES string of the molecule is CCOc1cc(C(=O)Nc2ccc(O)cc2)cc(Cl)c1OCC. The third kappa shape index (κ3) is 4.29. The highest BCUT2D eigenvalue weighted by atomic mass is 35.5. The number of benzene rings is 2. The highest BCUT2D eigenvalue weighted by Gasteiger charge is 2.16. The number of phenols is 1. The first-order valence-corrected chi connectivity index (χ1v) is 7.62. The number of ether oxygens (including phenoxy) is 2. The maximum atomic E-state index is 12.3. The van der Waals surface area contributed by atoms with Crippen LogP contribution in [0.3, 0.4) is 0 Å². The second kappa shape index (κ2) is 7.74. The van der Waals surface area contributed by atoms with Crippen molar-refractivity contribution in [3.63, 3.8) is 0 Å². The fraction of sp³-hybridized carbons (Fsp3) is 0.235. The number of carbonyl (C=O) groups excluding carboxylic acids is 1. The van der Waals surface area contributed by atoms with Gasteiger partial charge in [0.25, 0.3) is 5.91 Å². The van der Waals surface area contributed by atoms with Crippen LogP contribution in [-0.2, 0) is 0 Å².